The van der Waals surface area contributed by atoms with Gasteiger partial charge >= 0.3 is 0 Å². The number of imidazole rings is 1. The largest absolute Gasteiger partial charge is 0.494 e. The van der Waals surface area contributed by atoms with Crippen LogP contribution >= 0.6 is 0 Å². The van der Waals surface area contributed by atoms with Crippen LogP contribution in [0.15, 0.2) is 31.0 Å². The first-order valence-electron chi connectivity index (χ1n) is 7.77. The number of carbonyl (C=O) groups is 1. The Kier molecular flexibility index (Phi) is 4.20. The molecule has 0 fully saturated rings. The quantitative estimate of drug-likeness (QED) is 0.911. The fraction of sp³-hybridized carbons (Fsp3) is 0.278. The number of nitrogens with zero attached hydrogens (tertiary/aromatic N) is 3. The number of nitrogens with one attached hydrogen (secondary N) is 1. The predicted molar refractivity (Wildman–Crippen MR) is 91.4 cm³/mol. The Labute approximate surface area is 140 Å². The van der Waals surface area contributed by atoms with E-state index in [9.17, 15) is 4.79 Å². The van der Waals surface area contributed by atoms with Gasteiger partial charge in [-0.05, 0) is 24.6 Å². The number of amides is 1. The number of methoxy groups -OCH3 is 1. The van der Waals surface area contributed by atoms with Gasteiger partial charge in [0.2, 0.25) is 0 Å². The SMILES string of the molecule is C=C/C(OC)=c1/nc(C(=O)N2CCc3ncccc3[C@H]2C)[nH]c1=C. The summed E-state index contributed by atoms with van der Waals surface area (Å²) >= 11 is 0. The molecule has 3 rings (SSSR count). The highest BCUT2D eigenvalue weighted by molar-refractivity contribution is 5.91. The van der Waals surface area contributed by atoms with E-state index in [0.29, 0.717) is 23.0 Å². The lowest BCUT2D eigenvalue weighted by molar-refractivity contribution is 0.0664. The zero-order valence-corrected chi connectivity index (χ0v) is 13.9. The second-order valence-electron chi connectivity index (χ2n) is 5.65. The molecule has 24 heavy (non-hydrogen) atoms. The Balaban J connectivity index is 1.97. The van der Waals surface area contributed by atoms with Gasteiger partial charge < -0.3 is 14.6 Å². The van der Waals surface area contributed by atoms with Gasteiger partial charge in [-0.1, -0.05) is 19.2 Å². The minimum Gasteiger partial charge on any atom is -0.494 e. The average molecular weight is 324 g/mol. The van der Waals surface area contributed by atoms with Crippen LogP contribution in [0.5, 0.6) is 0 Å². The molecule has 1 N–H and O–H groups in total. The normalized spacial score (nSPS) is 17.9. The van der Waals surface area contributed by atoms with Gasteiger partial charge in [-0.2, -0.15) is 0 Å². The third kappa shape index (κ3) is 2.60. The van der Waals surface area contributed by atoms with Crippen LogP contribution in [0.25, 0.3) is 12.3 Å². The molecule has 0 saturated heterocycles. The van der Waals surface area contributed by atoms with Crippen LogP contribution < -0.4 is 10.7 Å². The fourth-order valence-electron chi connectivity index (χ4n) is 3.03. The predicted octanol–water partition coefficient (Wildman–Crippen LogP) is 0.915. The van der Waals surface area contributed by atoms with Gasteiger partial charge in [0, 0.05) is 24.9 Å². The van der Waals surface area contributed by atoms with Gasteiger partial charge in [0.05, 0.1) is 18.5 Å². The summed E-state index contributed by atoms with van der Waals surface area (Å²) in [5.74, 6) is 0.579. The second kappa shape index (κ2) is 6.31. The molecule has 0 aliphatic carbocycles. The molecule has 3 heterocycles. The van der Waals surface area contributed by atoms with Crippen LogP contribution in [0.3, 0.4) is 0 Å². The number of fused-ring (bicyclic) bond motifs is 1. The van der Waals surface area contributed by atoms with Crippen molar-refractivity contribution in [2.75, 3.05) is 13.7 Å². The molecule has 6 heteroatoms. The molecule has 0 saturated carbocycles. The molecule has 0 spiro atoms. The standard InChI is InChI=1S/C18H20N4O2/c1-5-15(24-4)16-11(2)20-17(21-16)18(23)22-10-8-14-13(12(22)3)7-6-9-19-14/h5-7,9,12H,1-2,8,10H2,3-4H3,(H,20,21)/b16-15-/t12-/m1/s1. The molecule has 2 aromatic rings. The maximum absolute atomic E-state index is 12.9. The molecular formula is C18H20N4O2. The molecule has 2 aromatic heterocycles. The smallest absolute Gasteiger partial charge is 0.290 e. The zero-order chi connectivity index (χ0) is 17.3. The highest BCUT2D eigenvalue weighted by Crippen LogP contribution is 2.28. The Morgan fingerprint density at radius 1 is 1.54 bits per heavy atom. The van der Waals surface area contributed by atoms with E-state index in [1.165, 1.54) is 7.11 Å². The summed E-state index contributed by atoms with van der Waals surface area (Å²) in [7, 11) is 1.53. The van der Waals surface area contributed by atoms with E-state index < -0.39 is 0 Å². The van der Waals surface area contributed by atoms with Crippen LogP contribution in [0.4, 0.5) is 0 Å². The van der Waals surface area contributed by atoms with Crippen LogP contribution in [-0.4, -0.2) is 39.4 Å². The van der Waals surface area contributed by atoms with Gasteiger partial charge in [-0.3, -0.25) is 9.78 Å². The Bertz CT molecular complexity index is 900. The van der Waals surface area contributed by atoms with Crippen molar-refractivity contribution in [2.45, 2.75) is 19.4 Å². The van der Waals surface area contributed by atoms with Gasteiger partial charge in [0.1, 0.15) is 11.1 Å². The zero-order valence-electron chi connectivity index (χ0n) is 13.9. The van der Waals surface area contributed by atoms with Crippen molar-refractivity contribution in [1.29, 1.82) is 0 Å². The number of hydrogen-bond donors (Lipinski definition) is 1. The minimum absolute atomic E-state index is 0.0537. The fourth-order valence-corrected chi connectivity index (χ4v) is 3.03. The summed E-state index contributed by atoms with van der Waals surface area (Å²) in [6, 6.07) is 3.86. The van der Waals surface area contributed by atoms with E-state index in [2.05, 4.69) is 28.1 Å². The summed E-state index contributed by atoms with van der Waals surface area (Å²) in [5, 5.41) is 1.03. The molecule has 0 unspecified atom stereocenters. The molecular weight excluding hydrogens is 304 g/mol. The van der Waals surface area contributed by atoms with Gasteiger partial charge in [-0.25, -0.2) is 4.98 Å². The topological polar surface area (TPSA) is 71.1 Å². The van der Waals surface area contributed by atoms with E-state index in [4.69, 9.17) is 4.74 Å². The highest BCUT2D eigenvalue weighted by Gasteiger charge is 2.30. The third-order valence-electron chi connectivity index (χ3n) is 4.31. The summed E-state index contributed by atoms with van der Waals surface area (Å²) in [6.07, 6.45) is 4.07. The van der Waals surface area contributed by atoms with E-state index >= 15 is 0 Å². The number of carbonyl (C=O) groups excluding carboxylic acids is 1. The van der Waals surface area contributed by atoms with Gasteiger partial charge in [0.15, 0.2) is 5.82 Å². The maximum atomic E-state index is 12.9. The van der Waals surface area contributed by atoms with Crippen molar-refractivity contribution in [3.63, 3.8) is 0 Å². The average Bonchev–Trinajstić information content (AvgIpc) is 2.98. The number of H-pyrrole nitrogens is 1. The maximum Gasteiger partial charge on any atom is 0.290 e. The summed E-state index contributed by atoms with van der Waals surface area (Å²) < 4.78 is 5.22. The summed E-state index contributed by atoms with van der Waals surface area (Å²) in [6.45, 7) is 10.2. The lowest BCUT2D eigenvalue weighted by Crippen LogP contribution is -2.39. The van der Waals surface area contributed by atoms with E-state index in [1.807, 2.05) is 19.1 Å². The number of aromatic nitrogens is 3. The Morgan fingerprint density at radius 3 is 3.04 bits per heavy atom. The van der Waals surface area contributed by atoms with Crippen molar-refractivity contribution in [3.05, 3.63) is 58.8 Å². The van der Waals surface area contributed by atoms with Gasteiger partial charge in [0.25, 0.3) is 5.91 Å². The first-order chi connectivity index (χ1) is 11.6. The molecule has 0 aromatic carbocycles. The van der Waals surface area contributed by atoms with Crippen LogP contribution in [-0.2, 0) is 11.2 Å². The molecule has 1 amide bonds. The van der Waals surface area contributed by atoms with Crippen molar-refractivity contribution in [1.82, 2.24) is 19.9 Å². The third-order valence-corrected chi connectivity index (χ3v) is 4.31. The van der Waals surface area contributed by atoms with Crippen molar-refractivity contribution >= 4 is 18.2 Å². The number of pyridine rings is 1. The van der Waals surface area contributed by atoms with Crippen LogP contribution in [0.2, 0.25) is 0 Å². The Hall–Kier alpha value is -2.89. The first-order valence-corrected chi connectivity index (χ1v) is 7.77. The Morgan fingerprint density at radius 2 is 2.33 bits per heavy atom. The van der Waals surface area contributed by atoms with E-state index in [0.717, 1.165) is 17.7 Å². The number of hydrogen-bond acceptors (Lipinski definition) is 4. The van der Waals surface area contributed by atoms with Gasteiger partial charge in [-0.15, -0.1) is 0 Å². The molecule has 124 valence electrons. The molecule has 1 aliphatic heterocycles. The number of aromatic amines is 1. The molecule has 1 aliphatic rings. The molecule has 0 bridgehead atoms. The monoisotopic (exact) mass is 324 g/mol. The highest BCUT2D eigenvalue weighted by atomic mass is 16.5. The molecule has 1 atom stereocenters. The molecule has 6 nitrogen and oxygen atoms in total. The lowest BCUT2D eigenvalue weighted by atomic mass is 9.98. The van der Waals surface area contributed by atoms with Crippen LogP contribution in [0, 0.1) is 0 Å². The van der Waals surface area contributed by atoms with Crippen molar-refractivity contribution in [3.8, 4) is 0 Å². The van der Waals surface area contributed by atoms with Crippen LogP contribution in [0.1, 0.15) is 34.8 Å². The first kappa shape index (κ1) is 16.0. The molecule has 0 radical (unpaired) electrons. The lowest BCUT2D eigenvalue weighted by Gasteiger charge is -2.34. The number of rotatable bonds is 3. The summed E-state index contributed by atoms with van der Waals surface area (Å²) in [5.41, 5.74) is 2.13. The second-order valence-corrected chi connectivity index (χ2v) is 5.65. The minimum atomic E-state index is -0.160. The van der Waals surface area contributed by atoms with E-state index in [1.54, 1.807) is 17.2 Å². The van der Waals surface area contributed by atoms with E-state index in [-0.39, 0.29) is 17.8 Å². The van der Waals surface area contributed by atoms with Crippen molar-refractivity contribution in [2.24, 2.45) is 0 Å². The van der Waals surface area contributed by atoms with Crippen molar-refractivity contribution < 1.29 is 9.53 Å². The summed E-state index contributed by atoms with van der Waals surface area (Å²) in [4.78, 5) is 26.4. The number of ether oxygens (including phenoxy) is 1.